The van der Waals surface area contributed by atoms with Crippen LogP contribution in [0.25, 0.3) is 0 Å². The van der Waals surface area contributed by atoms with E-state index in [1.807, 2.05) is 0 Å². The minimum Gasteiger partial charge on any atom is -0.337 e. The van der Waals surface area contributed by atoms with Crippen LogP contribution in [0.2, 0.25) is 11.6 Å². The number of rotatable bonds is 12. The molecule has 27 heavy (non-hydrogen) atoms. The maximum absolute atomic E-state index is 3.92. The molecule has 5 atom stereocenters. The van der Waals surface area contributed by atoms with E-state index in [1.165, 1.54) is 19.3 Å². The standard InChI is InChI=1S/C25H46BN/c1-10-14-21(7)17-18-22(8)26(27(19(3)4)20(5)6)23(9)25-16-13-12-15-24(25)11-2/h10,12-13,15-16,19-25H,1,11,14,17-18H2,2-9H3. The lowest BCUT2D eigenvalue weighted by molar-refractivity contribution is 0.281. The fraction of sp³-hybridized carbons (Fsp3) is 0.760. The van der Waals surface area contributed by atoms with E-state index in [4.69, 9.17) is 0 Å². The first-order valence-electron chi connectivity index (χ1n) is 11.5. The van der Waals surface area contributed by atoms with E-state index in [-0.39, 0.29) is 0 Å². The van der Waals surface area contributed by atoms with E-state index in [1.54, 1.807) is 0 Å². The second-order valence-corrected chi connectivity index (χ2v) is 9.59. The summed E-state index contributed by atoms with van der Waals surface area (Å²) in [5, 5.41) is 0. The molecule has 0 saturated carbocycles. The molecule has 0 heterocycles. The van der Waals surface area contributed by atoms with Crippen LogP contribution in [0.15, 0.2) is 37.0 Å². The largest absolute Gasteiger partial charge is 0.337 e. The molecule has 0 aromatic rings. The van der Waals surface area contributed by atoms with Gasteiger partial charge in [-0.2, -0.15) is 0 Å². The van der Waals surface area contributed by atoms with Gasteiger partial charge in [0.25, 0.3) is 0 Å². The van der Waals surface area contributed by atoms with Crippen molar-refractivity contribution < 1.29 is 0 Å². The maximum Gasteiger partial charge on any atom is 0.230 e. The van der Waals surface area contributed by atoms with Gasteiger partial charge >= 0.3 is 0 Å². The molecule has 1 aliphatic carbocycles. The quantitative estimate of drug-likeness (QED) is 0.252. The van der Waals surface area contributed by atoms with Gasteiger partial charge in [0.2, 0.25) is 6.85 Å². The summed E-state index contributed by atoms with van der Waals surface area (Å²) in [5.41, 5.74) is 0. The van der Waals surface area contributed by atoms with Crippen LogP contribution in [0, 0.1) is 17.8 Å². The van der Waals surface area contributed by atoms with Crippen LogP contribution in [0.1, 0.15) is 81.1 Å². The summed E-state index contributed by atoms with van der Waals surface area (Å²) in [4.78, 5) is 2.80. The lowest BCUT2D eigenvalue weighted by atomic mass is 9.37. The Hall–Kier alpha value is -0.755. The number of allylic oxidation sites excluding steroid dienone is 5. The number of hydrogen-bond acceptors (Lipinski definition) is 1. The van der Waals surface area contributed by atoms with E-state index in [9.17, 15) is 0 Å². The van der Waals surface area contributed by atoms with Crippen LogP contribution < -0.4 is 0 Å². The topological polar surface area (TPSA) is 3.24 Å². The van der Waals surface area contributed by atoms with Crippen molar-refractivity contribution in [3.8, 4) is 0 Å². The van der Waals surface area contributed by atoms with Crippen molar-refractivity contribution in [2.75, 3.05) is 0 Å². The maximum atomic E-state index is 3.92. The number of nitrogens with zero attached hydrogens (tertiary/aromatic N) is 1. The lowest BCUT2D eigenvalue weighted by Crippen LogP contribution is -2.53. The minimum absolute atomic E-state index is 0.577. The zero-order valence-electron chi connectivity index (χ0n) is 19.5. The van der Waals surface area contributed by atoms with Crippen LogP contribution in [-0.2, 0) is 0 Å². The minimum atomic E-state index is 0.577. The van der Waals surface area contributed by atoms with E-state index < -0.39 is 0 Å². The monoisotopic (exact) mass is 371 g/mol. The molecule has 5 unspecified atom stereocenters. The van der Waals surface area contributed by atoms with Crippen LogP contribution in [-0.4, -0.2) is 23.7 Å². The molecule has 0 saturated heterocycles. The van der Waals surface area contributed by atoms with Gasteiger partial charge in [-0.15, -0.1) is 6.58 Å². The first kappa shape index (κ1) is 24.3. The molecule has 0 N–H and O–H groups in total. The Morgan fingerprint density at radius 1 is 0.963 bits per heavy atom. The Bertz CT molecular complexity index is 471. The van der Waals surface area contributed by atoms with Crippen molar-refractivity contribution in [2.24, 2.45) is 17.8 Å². The fourth-order valence-corrected chi connectivity index (χ4v) is 5.36. The molecule has 0 aliphatic heterocycles. The average molecular weight is 371 g/mol. The third kappa shape index (κ3) is 6.97. The molecule has 1 nitrogen and oxygen atoms in total. The van der Waals surface area contributed by atoms with E-state index in [0.717, 1.165) is 12.3 Å². The Kier molecular flexibility index (Phi) is 10.7. The Morgan fingerprint density at radius 2 is 1.56 bits per heavy atom. The molecular weight excluding hydrogens is 325 g/mol. The normalized spacial score (nSPS) is 23.1. The van der Waals surface area contributed by atoms with E-state index >= 15 is 0 Å². The third-order valence-electron chi connectivity index (χ3n) is 6.72. The first-order chi connectivity index (χ1) is 12.7. The van der Waals surface area contributed by atoms with Gasteiger partial charge in [0, 0.05) is 0 Å². The highest BCUT2D eigenvalue weighted by Gasteiger charge is 2.40. The van der Waals surface area contributed by atoms with E-state index in [2.05, 4.69) is 97.2 Å². The predicted octanol–water partition coefficient (Wildman–Crippen LogP) is 7.64. The molecule has 0 radical (unpaired) electrons. The number of hydrogen-bond donors (Lipinski definition) is 0. The highest BCUT2D eigenvalue weighted by atomic mass is 15.1. The van der Waals surface area contributed by atoms with E-state index in [0.29, 0.717) is 42.4 Å². The lowest BCUT2D eigenvalue weighted by Gasteiger charge is -2.45. The zero-order chi connectivity index (χ0) is 20.6. The van der Waals surface area contributed by atoms with Crippen LogP contribution in [0.3, 0.4) is 0 Å². The summed E-state index contributed by atoms with van der Waals surface area (Å²) in [6, 6.07) is 1.15. The first-order valence-corrected chi connectivity index (χ1v) is 11.5. The highest BCUT2D eigenvalue weighted by Crippen LogP contribution is 2.41. The van der Waals surface area contributed by atoms with Crippen molar-refractivity contribution >= 4 is 6.85 Å². The molecule has 0 spiro atoms. The molecular formula is C25H46BN. The van der Waals surface area contributed by atoms with Crippen molar-refractivity contribution in [1.29, 1.82) is 0 Å². The summed E-state index contributed by atoms with van der Waals surface area (Å²) in [6.45, 7) is 23.8. The molecule has 0 amide bonds. The summed E-state index contributed by atoms with van der Waals surface area (Å²) in [5.74, 6) is 3.44. The second kappa shape index (κ2) is 11.9. The highest BCUT2D eigenvalue weighted by molar-refractivity contribution is 6.59. The predicted molar refractivity (Wildman–Crippen MR) is 125 cm³/mol. The fourth-order valence-electron chi connectivity index (χ4n) is 5.36. The second-order valence-electron chi connectivity index (χ2n) is 9.59. The molecule has 154 valence electrons. The van der Waals surface area contributed by atoms with Gasteiger partial charge in [-0.25, -0.2) is 0 Å². The zero-order valence-corrected chi connectivity index (χ0v) is 19.5. The van der Waals surface area contributed by atoms with Crippen molar-refractivity contribution in [3.05, 3.63) is 37.0 Å². The molecule has 0 fully saturated rings. The van der Waals surface area contributed by atoms with Crippen LogP contribution in [0.4, 0.5) is 0 Å². The van der Waals surface area contributed by atoms with Gasteiger partial charge in [-0.3, -0.25) is 0 Å². The van der Waals surface area contributed by atoms with Gasteiger partial charge in [-0.05, 0) is 54.3 Å². The van der Waals surface area contributed by atoms with Crippen molar-refractivity contribution in [3.63, 3.8) is 0 Å². The summed E-state index contributed by atoms with van der Waals surface area (Å²) in [7, 11) is 0. The Labute approximate surface area is 171 Å². The van der Waals surface area contributed by atoms with Gasteiger partial charge in [0.05, 0.1) is 0 Å². The van der Waals surface area contributed by atoms with Gasteiger partial charge in [0.1, 0.15) is 0 Å². The van der Waals surface area contributed by atoms with Gasteiger partial charge < -0.3 is 4.81 Å². The molecule has 1 aliphatic rings. The smallest absolute Gasteiger partial charge is 0.230 e. The molecule has 0 aromatic carbocycles. The van der Waals surface area contributed by atoms with Crippen molar-refractivity contribution in [1.82, 2.24) is 4.81 Å². The molecule has 0 bridgehead atoms. The van der Waals surface area contributed by atoms with Crippen LogP contribution >= 0.6 is 0 Å². The summed E-state index contributed by atoms with van der Waals surface area (Å²) in [6.07, 6.45) is 16.5. The van der Waals surface area contributed by atoms with Crippen LogP contribution in [0.5, 0.6) is 0 Å². The van der Waals surface area contributed by atoms with Gasteiger partial charge in [0.15, 0.2) is 0 Å². The van der Waals surface area contributed by atoms with Gasteiger partial charge in [-0.1, -0.05) is 98.6 Å². The Morgan fingerprint density at radius 3 is 2.07 bits per heavy atom. The SMILES string of the molecule is C=CCC(C)CCC(C)B(C(C)C1C=CC=CC1CC)N(C(C)C)C(C)C. The molecule has 0 aromatic heterocycles. The summed E-state index contributed by atoms with van der Waals surface area (Å²) < 4.78 is 0. The molecule has 1 rings (SSSR count). The molecule has 2 heteroatoms. The summed E-state index contributed by atoms with van der Waals surface area (Å²) >= 11 is 0. The van der Waals surface area contributed by atoms with Crippen molar-refractivity contribution in [2.45, 2.75) is 105 Å². The Balaban J connectivity index is 3.07. The average Bonchev–Trinajstić information content (AvgIpc) is 2.63. The third-order valence-corrected chi connectivity index (χ3v) is 6.72.